The number of H-pyrrole nitrogens is 1. The van der Waals surface area contributed by atoms with Crippen LogP contribution >= 0.6 is 0 Å². The van der Waals surface area contributed by atoms with Crippen molar-refractivity contribution in [2.75, 3.05) is 12.8 Å². The summed E-state index contributed by atoms with van der Waals surface area (Å²) in [6, 6.07) is 4.20. The zero-order valence-corrected chi connectivity index (χ0v) is 12.9. The molecule has 2 aromatic rings. The lowest BCUT2D eigenvalue weighted by atomic mass is 10.3. The van der Waals surface area contributed by atoms with E-state index in [0.29, 0.717) is 16.9 Å². The summed E-state index contributed by atoms with van der Waals surface area (Å²) in [5.41, 5.74) is 1.18. The average Bonchev–Trinajstić information content (AvgIpc) is 2.78. The fourth-order valence-corrected chi connectivity index (χ4v) is 2.58. The van der Waals surface area contributed by atoms with E-state index in [0.717, 1.165) is 0 Å². The van der Waals surface area contributed by atoms with E-state index in [2.05, 4.69) is 9.97 Å². The van der Waals surface area contributed by atoms with Crippen molar-refractivity contribution >= 4 is 27.0 Å². The molecule has 0 saturated carbocycles. The molecule has 9 heteroatoms. The molecule has 0 saturated heterocycles. The highest BCUT2D eigenvalue weighted by Gasteiger charge is 2.13. The first-order chi connectivity index (χ1) is 10.2. The maximum Gasteiger partial charge on any atom is 0.222 e. The molecule has 0 fully saturated rings. The number of nitrogens with one attached hydrogen (secondary N) is 1. The molecule has 0 bridgehead atoms. The standard InChI is InChI=1S/C13H17FN4O3S/c1-18(13(19)3-2-6-22(15,20)21)8-12-16-10-5-4-9(14)7-11(10)17-12/h4-5,7H,2-3,6,8H2,1H3,(H,16,17)(H2,15,20,21). The van der Waals surface area contributed by atoms with Gasteiger partial charge in [-0.1, -0.05) is 0 Å². The third-order valence-electron chi connectivity index (χ3n) is 3.13. The van der Waals surface area contributed by atoms with Crippen LogP contribution in [-0.2, 0) is 21.4 Å². The highest BCUT2D eigenvalue weighted by Crippen LogP contribution is 2.14. The number of imidazole rings is 1. The molecule has 0 aliphatic heterocycles. The van der Waals surface area contributed by atoms with Crippen LogP contribution in [0.4, 0.5) is 4.39 Å². The van der Waals surface area contributed by atoms with E-state index in [-0.39, 0.29) is 36.9 Å². The van der Waals surface area contributed by atoms with Crippen molar-refractivity contribution < 1.29 is 17.6 Å². The molecular formula is C13H17FN4O3S. The molecule has 2 rings (SSSR count). The van der Waals surface area contributed by atoms with Gasteiger partial charge in [0.1, 0.15) is 11.6 Å². The monoisotopic (exact) mass is 328 g/mol. The highest BCUT2D eigenvalue weighted by molar-refractivity contribution is 7.89. The van der Waals surface area contributed by atoms with E-state index in [4.69, 9.17) is 5.14 Å². The average molecular weight is 328 g/mol. The predicted molar refractivity (Wildman–Crippen MR) is 79.7 cm³/mol. The molecule has 3 N–H and O–H groups in total. The molecular weight excluding hydrogens is 311 g/mol. The Kier molecular flexibility index (Phi) is 4.77. The maximum atomic E-state index is 13.1. The lowest BCUT2D eigenvalue weighted by Gasteiger charge is -2.15. The molecule has 22 heavy (non-hydrogen) atoms. The Balaban J connectivity index is 1.94. The molecule has 0 aliphatic rings. The van der Waals surface area contributed by atoms with Crippen LogP contribution in [0.5, 0.6) is 0 Å². The Bertz CT molecular complexity index is 788. The number of fused-ring (bicyclic) bond motifs is 1. The first kappa shape index (κ1) is 16.4. The summed E-state index contributed by atoms with van der Waals surface area (Å²) in [5.74, 6) is -0.274. The third-order valence-corrected chi connectivity index (χ3v) is 3.98. The van der Waals surface area contributed by atoms with Crippen molar-refractivity contribution in [3.63, 3.8) is 0 Å². The van der Waals surface area contributed by atoms with Crippen LogP contribution in [0.25, 0.3) is 11.0 Å². The number of hydrogen-bond acceptors (Lipinski definition) is 4. The number of rotatable bonds is 6. The minimum absolute atomic E-state index is 0.0851. The fourth-order valence-electron chi connectivity index (χ4n) is 2.04. The van der Waals surface area contributed by atoms with Crippen LogP contribution in [0.3, 0.4) is 0 Å². The number of carbonyl (C=O) groups is 1. The van der Waals surface area contributed by atoms with Crippen molar-refractivity contribution in [3.8, 4) is 0 Å². The van der Waals surface area contributed by atoms with E-state index < -0.39 is 10.0 Å². The number of aromatic nitrogens is 2. The second-order valence-electron chi connectivity index (χ2n) is 5.07. The van der Waals surface area contributed by atoms with Crippen LogP contribution in [0.15, 0.2) is 18.2 Å². The number of nitrogens with two attached hydrogens (primary N) is 1. The Hall–Kier alpha value is -2.00. The van der Waals surface area contributed by atoms with Gasteiger partial charge in [-0.15, -0.1) is 0 Å². The summed E-state index contributed by atoms with van der Waals surface area (Å²) in [5, 5.41) is 4.88. The molecule has 120 valence electrons. The van der Waals surface area contributed by atoms with Crippen LogP contribution in [0, 0.1) is 5.82 Å². The molecule has 0 aliphatic carbocycles. The third kappa shape index (κ3) is 4.50. The molecule has 1 aromatic heterocycles. The van der Waals surface area contributed by atoms with Crippen molar-refractivity contribution in [3.05, 3.63) is 29.8 Å². The van der Waals surface area contributed by atoms with Crippen LogP contribution in [0.2, 0.25) is 0 Å². The van der Waals surface area contributed by atoms with Gasteiger partial charge in [0.2, 0.25) is 15.9 Å². The van der Waals surface area contributed by atoms with Gasteiger partial charge < -0.3 is 9.88 Å². The first-order valence-corrected chi connectivity index (χ1v) is 8.35. The Morgan fingerprint density at radius 2 is 2.18 bits per heavy atom. The van der Waals surface area contributed by atoms with Gasteiger partial charge in [0.15, 0.2) is 0 Å². The van der Waals surface area contributed by atoms with E-state index >= 15 is 0 Å². The number of carbonyl (C=O) groups excluding carboxylic acids is 1. The van der Waals surface area contributed by atoms with Crippen LogP contribution < -0.4 is 5.14 Å². The number of aromatic amines is 1. The van der Waals surface area contributed by atoms with Gasteiger partial charge in [0.05, 0.1) is 23.3 Å². The summed E-state index contributed by atoms with van der Waals surface area (Å²) in [6.07, 6.45) is 0.259. The first-order valence-electron chi connectivity index (χ1n) is 6.63. The van der Waals surface area contributed by atoms with Crippen LogP contribution in [0.1, 0.15) is 18.7 Å². The van der Waals surface area contributed by atoms with Gasteiger partial charge in [-0.05, 0) is 24.6 Å². The van der Waals surface area contributed by atoms with Gasteiger partial charge in [-0.3, -0.25) is 4.79 Å². The second kappa shape index (κ2) is 6.41. The van der Waals surface area contributed by atoms with Crippen molar-refractivity contribution in [1.29, 1.82) is 0 Å². The molecule has 1 aromatic carbocycles. The topological polar surface area (TPSA) is 109 Å². The smallest absolute Gasteiger partial charge is 0.222 e. The molecule has 1 amide bonds. The van der Waals surface area contributed by atoms with Gasteiger partial charge in [-0.2, -0.15) is 0 Å². The van der Waals surface area contributed by atoms with Crippen molar-refractivity contribution in [2.45, 2.75) is 19.4 Å². The quantitative estimate of drug-likeness (QED) is 0.814. The van der Waals surface area contributed by atoms with E-state index in [1.54, 1.807) is 13.1 Å². The van der Waals surface area contributed by atoms with Crippen molar-refractivity contribution in [1.82, 2.24) is 14.9 Å². The number of hydrogen-bond donors (Lipinski definition) is 2. The molecule has 0 atom stereocenters. The number of sulfonamides is 1. The Morgan fingerprint density at radius 1 is 1.45 bits per heavy atom. The lowest BCUT2D eigenvalue weighted by molar-refractivity contribution is -0.130. The Morgan fingerprint density at radius 3 is 2.86 bits per heavy atom. The van der Waals surface area contributed by atoms with Gasteiger partial charge in [0.25, 0.3) is 0 Å². The fraction of sp³-hybridized carbons (Fsp3) is 0.385. The lowest BCUT2D eigenvalue weighted by Crippen LogP contribution is -2.27. The van der Waals surface area contributed by atoms with E-state index in [1.807, 2.05) is 0 Å². The molecule has 1 heterocycles. The highest BCUT2D eigenvalue weighted by atomic mass is 32.2. The molecule has 7 nitrogen and oxygen atoms in total. The Labute approximate surface area is 127 Å². The van der Waals surface area contributed by atoms with Crippen molar-refractivity contribution in [2.24, 2.45) is 5.14 Å². The normalized spacial score (nSPS) is 11.8. The van der Waals surface area contributed by atoms with Crippen LogP contribution in [-0.4, -0.2) is 42.0 Å². The minimum Gasteiger partial charge on any atom is -0.340 e. The van der Waals surface area contributed by atoms with Gasteiger partial charge in [-0.25, -0.2) is 22.9 Å². The maximum absolute atomic E-state index is 13.1. The van der Waals surface area contributed by atoms with Gasteiger partial charge in [0, 0.05) is 13.5 Å². The summed E-state index contributed by atoms with van der Waals surface area (Å²) in [7, 11) is -1.96. The summed E-state index contributed by atoms with van der Waals surface area (Å²) in [4.78, 5) is 20.5. The zero-order valence-electron chi connectivity index (χ0n) is 12.0. The largest absolute Gasteiger partial charge is 0.340 e. The number of primary sulfonamides is 1. The number of halogens is 1. The SMILES string of the molecule is CN(Cc1nc2ccc(F)cc2[nH]1)C(=O)CCCS(N)(=O)=O. The summed E-state index contributed by atoms with van der Waals surface area (Å²) in [6.45, 7) is 0.227. The number of nitrogens with zero attached hydrogens (tertiary/aromatic N) is 2. The molecule has 0 unspecified atom stereocenters. The zero-order chi connectivity index (χ0) is 16.3. The predicted octanol–water partition coefficient (Wildman–Crippen LogP) is 0.729. The minimum atomic E-state index is -3.55. The number of benzene rings is 1. The molecule has 0 radical (unpaired) electrons. The number of amides is 1. The summed E-state index contributed by atoms with van der Waals surface area (Å²) < 4.78 is 34.7. The molecule has 0 spiro atoms. The van der Waals surface area contributed by atoms with E-state index in [9.17, 15) is 17.6 Å². The van der Waals surface area contributed by atoms with Gasteiger partial charge >= 0.3 is 0 Å². The summed E-state index contributed by atoms with van der Waals surface area (Å²) >= 11 is 0. The second-order valence-corrected chi connectivity index (χ2v) is 6.80. The van der Waals surface area contributed by atoms with E-state index in [1.165, 1.54) is 17.0 Å².